The summed E-state index contributed by atoms with van der Waals surface area (Å²) in [5.41, 5.74) is 4.11. The first-order valence-electron chi connectivity index (χ1n) is 11.7. The molecule has 9 nitrogen and oxygen atoms in total. The average molecular weight is 509 g/mol. The van der Waals surface area contributed by atoms with Gasteiger partial charge in [-0.3, -0.25) is 19.7 Å². The third-order valence-electron chi connectivity index (χ3n) is 5.58. The molecule has 0 saturated carbocycles. The van der Waals surface area contributed by atoms with Crippen molar-refractivity contribution < 1.29 is 24.3 Å². The second-order valence-corrected chi connectivity index (χ2v) is 8.38. The Bertz CT molecular complexity index is 1500. The van der Waals surface area contributed by atoms with Crippen molar-refractivity contribution in [2.45, 2.75) is 13.3 Å². The highest BCUT2D eigenvalue weighted by Gasteiger charge is 2.14. The highest BCUT2D eigenvalue weighted by Crippen LogP contribution is 2.25. The van der Waals surface area contributed by atoms with E-state index in [9.17, 15) is 19.2 Å². The van der Waals surface area contributed by atoms with Crippen LogP contribution in [0.1, 0.15) is 33.3 Å². The molecule has 0 saturated heterocycles. The topological polar surface area (TPSA) is 137 Å². The van der Waals surface area contributed by atoms with E-state index in [1.54, 1.807) is 60.7 Å². The van der Waals surface area contributed by atoms with Gasteiger partial charge in [-0.15, -0.1) is 0 Å². The van der Waals surface area contributed by atoms with Crippen LogP contribution in [0.2, 0.25) is 0 Å². The fourth-order valence-electron chi connectivity index (χ4n) is 3.78. The number of carbonyl (C=O) groups excluding carboxylic acids is 3. The van der Waals surface area contributed by atoms with Crippen LogP contribution in [0.15, 0.2) is 91.0 Å². The first kappa shape index (κ1) is 25.8. The highest BCUT2D eigenvalue weighted by atomic mass is 16.4. The van der Waals surface area contributed by atoms with Crippen molar-refractivity contribution in [3.8, 4) is 11.1 Å². The molecule has 0 fully saturated rings. The molecule has 1 heterocycles. The Morgan fingerprint density at radius 2 is 1.39 bits per heavy atom. The van der Waals surface area contributed by atoms with Crippen molar-refractivity contribution in [1.82, 2.24) is 4.98 Å². The summed E-state index contributed by atoms with van der Waals surface area (Å²) in [6.07, 6.45) is -1.28. The maximum Gasteiger partial charge on any atom is 0.410 e. The molecule has 0 bridgehead atoms. The second-order valence-electron chi connectivity index (χ2n) is 8.38. The van der Waals surface area contributed by atoms with Gasteiger partial charge in [0.2, 0.25) is 5.91 Å². The van der Waals surface area contributed by atoms with E-state index in [4.69, 9.17) is 5.11 Å². The summed E-state index contributed by atoms with van der Waals surface area (Å²) >= 11 is 0. The van der Waals surface area contributed by atoms with E-state index in [-0.39, 0.29) is 29.8 Å². The number of amides is 3. The molecule has 0 atom stereocenters. The van der Waals surface area contributed by atoms with E-state index < -0.39 is 6.09 Å². The average Bonchev–Trinajstić information content (AvgIpc) is 2.89. The van der Waals surface area contributed by atoms with Crippen molar-refractivity contribution in [2.24, 2.45) is 0 Å². The highest BCUT2D eigenvalue weighted by molar-refractivity contribution is 6.09. The van der Waals surface area contributed by atoms with Crippen molar-refractivity contribution >= 4 is 40.9 Å². The van der Waals surface area contributed by atoms with Crippen LogP contribution in [0.3, 0.4) is 0 Å². The minimum absolute atomic E-state index is 0.0267. The number of nitrogens with one attached hydrogen (secondary N) is 3. The number of benzene rings is 3. The van der Waals surface area contributed by atoms with Crippen LogP contribution in [-0.4, -0.2) is 33.8 Å². The maximum absolute atomic E-state index is 13.1. The second kappa shape index (κ2) is 11.6. The molecule has 190 valence electrons. The van der Waals surface area contributed by atoms with Crippen LogP contribution >= 0.6 is 0 Å². The predicted octanol–water partition coefficient (Wildman–Crippen LogP) is 5.47. The Balaban J connectivity index is 1.39. The molecule has 9 heteroatoms. The van der Waals surface area contributed by atoms with Gasteiger partial charge in [-0.05, 0) is 60.5 Å². The van der Waals surface area contributed by atoms with Gasteiger partial charge in [-0.2, -0.15) is 0 Å². The van der Waals surface area contributed by atoms with Gasteiger partial charge in [0.15, 0.2) is 5.78 Å². The lowest BCUT2D eigenvalue weighted by Crippen LogP contribution is -2.16. The summed E-state index contributed by atoms with van der Waals surface area (Å²) < 4.78 is 0. The number of carbonyl (C=O) groups is 4. The van der Waals surface area contributed by atoms with E-state index in [0.29, 0.717) is 28.2 Å². The summed E-state index contributed by atoms with van der Waals surface area (Å²) in [4.78, 5) is 51.9. The van der Waals surface area contributed by atoms with E-state index in [2.05, 4.69) is 20.9 Å². The number of pyridine rings is 1. The quantitative estimate of drug-likeness (QED) is 0.233. The molecule has 0 unspecified atom stereocenters. The molecule has 1 aromatic heterocycles. The zero-order valence-corrected chi connectivity index (χ0v) is 20.4. The number of Topliss-reactive ketones (excluding diaryl/α,β-unsaturated/α-hetero) is 1. The van der Waals surface area contributed by atoms with Gasteiger partial charge >= 0.3 is 6.09 Å². The molecule has 0 aliphatic heterocycles. The van der Waals surface area contributed by atoms with Gasteiger partial charge < -0.3 is 15.7 Å². The van der Waals surface area contributed by atoms with Crippen LogP contribution in [0.25, 0.3) is 11.1 Å². The predicted molar refractivity (Wildman–Crippen MR) is 144 cm³/mol. The number of ketones is 1. The van der Waals surface area contributed by atoms with Crippen LogP contribution in [-0.2, 0) is 11.2 Å². The minimum atomic E-state index is -1.24. The number of hydrogen-bond acceptors (Lipinski definition) is 5. The lowest BCUT2D eigenvalue weighted by molar-refractivity contribution is -0.115. The standard InChI is InChI=1S/C29H24N4O5/c1-18(34)19-9-11-20(12-10-19)24-6-2-3-7-25(24)28(36)32-22-15-13-21(14-16-22)31-27(35)17-23-5-4-8-26(30-23)33-29(37)38/h2-16H,17H2,1H3,(H,30,33)(H,31,35)(H,32,36)(H,37,38). The molecule has 0 radical (unpaired) electrons. The molecular formula is C29H24N4O5. The van der Waals surface area contributed by atoms with E-state index in [1.807, 2.05) is 24.3 Å². The Hall–Kier alpha value is -5.31. The summed E-state index contributed by atoms with van der Waals surface area (Å²) in [6.45, 7) is 1.50. The SMILES string of the molecule is CC(=O)c1ccc(-c2ccccc2C(=O)Nc2ccc(NC(=O)Cc3cccc(NC(=O)O)n3)cc2)cc1. The normalized spacial score (nSPS) is 10.3. The molecule has 3 aromatic carbocycles. The first-order chi connectivity index (χ1) is 18.3. The van der Waals surface area contributed by atoms with Gasteiger partial charge in [-0.1, -0.05) is 48.5 Å². The number of hydrogen-bond donors (Lipinski definition) is 4. The van der Waals surface area contributed by atoms with Crippen molar-refractivity contribution in [3.05, 3.63) is 108 Å². The number of rotatable bonds is 8. The van der Waals surface area contributed by atoms with E-state index in [0.717, 1.165) is 11.1 Å². The zero-order valence-electron chi connectivity index (χ0n) is 20.4. The van der Waals surface area contributed by atoms with Gasteiger partial charge in [0.05, 0.1) is 12.1 Å². The lowest BCUT2D eigenvalue weighted by Gasteiger charge is -2.12. The van der Waals surface area contributed by atoms with Crippen molar-refractivity contribution in [2.75, 3.05) is 16.0 Å². The first-order valence-corrected chi connectivity index (χ1v) is 11.7. The van der Waals surface area contributed by atoms with Crippen LogP contribution in [0.4, 0.5) is 22.0 Å². The smallest absolute Gasteiger partial charge is 0.410 e. The van der Waals surface area contributed by atoms with Gasteiger partial charge in [0.25, 0.3) is 5.91 Å². The summed E-state index contributed by atoms with van der Waals surface area (Å²) in [6, 6.07) is 25.7. The molecule has 4 aromatic rings. The minimum Gasteiger partial charge on any atom is -0.465 e. The largest absolute Gasteiger partial charge is 0.465 e. The zero-order chi connectivity index (χ0) is 27.1. The van der Waals surface area contributed by atoms with Crippen molar-refractivity contribution in [3.63, 3.8) is 0 Å². The number of carboxylic acid groups (broad SMARTS) is 1. The molecule has 0 aliphatic carbocycles. The maximum atomic E-state index is 13.1. The molecule has 3 amide bonds. The Morgan fingerprint density at radius 3 is 2.05 bits per heavy atom. The molecule has 0 spiro atoms. The fourth-order valence-corrected chi connectivity index (χ4v) is 3.78. The van der Waals surface area contributed by atoms with Gasteiger partial charge in [-0.25, -0.2) is 9.78 Å². The summed E-state index contributed by atoms with van der Waals surface area (Å²) in [7, 11) is 0. The molecule has 0 aliphatic rings. The third-order valence-corrected chi connectivity index (χ3v) is 5.58. The van der Waals surface area contributed by atoms with Crippen LogP contribution in [0, 0.1) is 0 Å². The summed E-state index contributed by atoms with van der Waals surface area (Å²) in [5, 5.41) is 16.6. The molecule has 4 N–H and O–H groups in total. The third kappa shape index (κ3) is 6.67. The Labute approximate surface area is 218 Å². The lowest BCUT2D eigenvalue weighted by atomic mass is 9.97. The fraction of sp³-hybridized carbons (Fsp3) is 0.0690. The number of nitrogens with zero attached hydrogens (tertiary/aromatic N) is 1. The number of aromatic nitrogens is 1. The molecule has 38 heavy (non-hydrogen) atoms. The van der Waals surface area contributed by atoms with Crippen LogP contribution in [0.5, 0.6) is 0 Å². The van der Waals surface area contributed by atoms with Crippen molar-refractivity contribution in [1.29, 1.82) is 0 Å². The summed E-state index contributed by atoms with van der Waals surface area (Å²) in [5.74, 6) is -0.515. The van der Waals surface area contributed by atoms with E-state index >= 15 is 0 Å². The number of anilines is 3. The molecule has 4 rings (SSSR count). The van der Waals surface area contributed by atoms with Gasteiger partial charge in [0.1, 0.15) is 5.82 Å². The molecular weight excluding hydrogens is 484 g/mol. The Kier molecular flexibility index (Phi) is 7.88. The van der Waals surface area contributed by atoms with Gasteiger partial charge in [0, 0.05) is 22.5 Å². The van der Waals surface area contributed by atoms with Crippen LogP contribution < -0.4 is 16.0 Å². The Morgan fingerprint density at radius 1 is 0.737 bits per heavy atom. The monoisotopic (exact) mass is 508 g/mol. The van der Waals surface area contributed by atoms with E-state index in [1.165, 1.54) is 13.0 Å².